The van der Waals surface area contributed by atoms with Gasteiger partial charge in [-0.15, -0.1) is 0 Å². The molecule has 0 unspecified atom stereocenters. The van der Waals surface area contributed by atoms with E-state index < -0.39 is 0 Å². The van der Waals surface area contributed by atoms with Crippen LogP contribution < -0.4 is 5.32 Å². The Bertz CT molecular complexity index is 127. The van der Waals surface area contributed by atoms with Crippen molar-refractivity contribution in [3.8, 4) is 0 Å². The van der Waals surface area contributed by atoms with Crippen LogP contribution in [-0.4, -0.2) is 52.7 Å². The predicted octanol–water partition coefficient (Wildman–Crippen LogP) is 0.418. The van der Waals surface area contributed by atoms with Crippen molar-refractivity contribution < 1.29 is 14.2 Å². The fourth-order valence-electron chi connectivity index (χ4n) is 1.44. The maximum Gasteiger partial charge on any atom is 0.0619 e. The standard InChI is InChI=1S/C10H21NO3/c1-12-8-4-11-5-9-14-10-2-6-13-7-3-10/h10-11H,2-9H2,1H3. The molecule has 1 N–H and O–H groups in total. The summed E-state index contributed by atoms with van der Waals surface area (Å²) in [6, 6.07) is 0. The van der Waals surface area contributed by atoms with E-state index in [1.54, 1.807) is 7.11 Å². The zero-order chi connectivity index (χ0) is 10.1. The van der Waals surface area contributed by atoms with Crippen LogP contribution in [0.25, 0.3) is 0 Å². The summed E-state index contributed by atoms with van der Waals surface area (Å²) < 4.78 is 15.8. The van der Waals surface area contributed by atoms with Crippen LogP contribution in [-0.2, 0) is 14.2 Å². The highest BCUT2D eigenvalue weighted by molar-refractivity contribution is 4.62. The minimum atomic E-state index is 0.410. The van der Waals surface area contributed by atoms with Crippen molar-refractivity contribution in [2.75, 3.05) is 46.6 Å². The van der Waals surface area contributed by atoms with E-state index in [2.05, 4.69) is 5.32 Å². The molecule has 0 atom stereocenters. The van der Waals surface area contributed by atoms with Crippen molar-refractivity contribution in [1.29, 1.82) is 0 Å². The first-order valence-electron chi connectivity index (χ1n) is 5.32. The van der Waals surface area contributed by atoms with E-state index in [0.717, 1.165) is 52.4 Å². The predicted molar refractivity (Wildman–Crippen MR) is 54.5 cm³/mol. The number of ether oxygens (including phenoxy) is 3. The van der Waals surface area contributed by atoms with E-state index in [9.17, 15) is 0 Å². The quantitative estimate of drug-likeness (QED) is 0.609. The van der Waals surface area contributed by atoms with Crippen LogP contribution in [0.4, 0.5) is 0 Å². The smallest absolute Gasteiger partial charge is 0.0619 e. The molecule has 84 valence electrons. The molecule has 14 heavy (non-hydrogen) atoms. The Morgan fingerprint density at radius 3 is 2.64 bits per heavy atom. The Kier molecular flexibility index (Phi) is 6.95. The van der Waals surface area contributed by atoms with Gasteiger partial charge in [-0.3, -0.25) is 0 Å². The second-order valence-corrected chi connectivity index (χ2v) is 3.43. The van der Waals surface area contributed by atoms with Crippen molar-refractivity contribution in [2.24, 2.45) is 0 Å². The molecular formula is C10H21NO3. The average molecular weight is 203 g/mol. The summed E-state index contributed by atoms with van der Waals surface area (Å²) in [6.45, 7) is 5.05. The third-order valence-electron chi connectivity index (χ3n) is 2.28. The van der Waals surface area contributed by atoms with E-state index >= 15 is 0 Å². The van der Waals surface area contributed by atoms with Crippen LogP contribution in [0.2, 0.25) is 0 Å². The highest BCUT2D eigenvalue weighted by Gasteiger charge is 2.13. The van der Waals surface area contributed by atoms with Crippen LogP contribution >= 0.6 is 0 Å². The topological polar surface area (TPSA) is 39.7 Å². The maximum atomic E-state index is 5.68. The van der Waals surface area contributed by atoms with Gasteiger partial charge < -0.3 is 19.5 Å². The zero-order valence-electron chi connectivity index (χ0n) is 8.96. The number of methoxy groups -OCH3 is 1. The van der Waals surface area contributed by atoms with Crippen LogP contribution in [0.1, 0.15) is 12.8 Å². The number of rotatable bonds is 7. The van der Waals surface area contributed by atoms with Gasteiger partial charge in [-0.05, 0) is 12.8 Å². The van der Waals surface area contributed by atoms with Crippen molar-refractivity contribution in [3.05, 3.63) is 0 Å². The lowest BCUT2D eigenvalue weighted by atomic mass is 10.2. The van der Waals surface area contributed by atoms with E-state index in [1.165, 1.54) is 0 Å². The van der Waals surface area contributed by atoms with E-state index in [0.29, 0.717) is 6.10 Å². The SMILES string of the molecule is COCCNCCOC1CCOCC1. The van der Waals surface area contributed by atoms with Crippen molar-refractivity contribution in [3.63, 3.8) is 0 Å². The molecule has 1 heterocycles. The molecule has 0 spiro atoms. The van der Waals surface area contributed by atoms with Crippen molar-refractivity contribution >= 4 is 0 Å². The van der Waals surface area contributed by atoms with Gasteiger partial charge in [0, 0.05) is 33.4 Å². The van der Waals surface area contributed by atoms with Gasteiger partial charge in [0.05, 0.1) is 19.3 Å². The second-order valence-electron chi connectivity index (χ2n) is 3.43. The first-order chi connectivity index (χ1) is 6.93. The van der Waals surface area contributed by atoms with Gasteiger partial charge in [0.2, 0.25) is 0 Å². The summed E-state index contributed by atoms with van der Waals surface area (Å²) in [5, 5.41) is 3.24. The molecule has 1 rings (SSSR count). The zero-order valence-corrected chi connectivity index (χ0v) is 8.96. The van der Waals surface area contributed by atoms with Crippen molar-refractivity contribution in [2.45, 2.75) is 18.9 Å². The largest absolute Gasteiger partial charge is 0.383 e. The number of nitrogens with one attached hydrogen (secondary N) is 1. The van der Waals surface area contributed by atoms with Gasteiger partial charge in [0.15, 0.2) is 0 Å². The molecule has 1 aliphatic rings. The molecule has 4 nitrogen and oxygen atoms in total. The molecule has 0 aliphatic carbocycles. The fourth-order valence-corrected chi connectivity index (χ4v) is 1.44. The summed E-state index contributed by atoms with van der Waals surface area (Å²) >= 11 is 0. The minimum Gasteiger partial charge on any atom is -0.383 e. The Morgan fingerprint density at radius 1 is 1.21 bits per heavy atom. The third kappa shape index (κ3) is 5.54. The summed E-state index contributed by atoms with van der Waals surface area (Å²) in [5.41, 5.74) is 0. The number of hydrogen-bond donors (Lipinski definition) is 1. The van der Waals surface area contributed by atoms with E-state index in [1.807, 2.05) is 0 Å². The van der Waals surface area contributed by atoms with Crippen LogP contribution in [0, 0.1) is 0 Å². The summed E-state index contributed by atoms with van der Waals surface area (Å²) in [4.78, 5) is 0. The molecule has 0 saturated carbocycles. The van der Waals surface area contributed by atoms with E-state index in [-0.39, 0.29) is 0 Å². The van der Waals surface area contributed by atoms with E-state index in [4.69, 9.17) is 14.2 Å². The van der Waals surface area contributed by atoms with Gasteiger partial charge in [-0.2, -0.15) is 0 Å². The minimum absolute atomic E-state index is 0.410. The van der Waals surface area contributed by atoms with Crippen molar-refractivity contribution in [1.82, 2.24) is 5.32 Å². The lowest BCUT2D eigenvalue weighted by Gasteiger charge is -2.22. The Balaban J connectivity index is 1.82. The van der Waals surface area contributed by atoms with Crippen LogP contribution in [0.5, 0.6) is 0 Å². The molecule has 0 bridgehead atoms. The van der Waals surface area contributed by atoms with Gasteiger partial charge in [0.25, 0.3) is 0 Å². The van der Waals surface area contributed by atoms with Gasteiger partial charge in [-0.1, -0.05) is 0 Å². The van der Waals surface area contributed by atoms with Gasteiger partial charge in [-0.25, -0.2) is 0 Å². The Hall–Kier alpha value is -0.160. The number of hydrogen-bond acceptors (Lipinski definition) is 4. The molecule has 1 fully saturated rings. The fraction of sp³-hybridized carbons (Fsp3) is 1.00. The molecule has 0 aromatic rings. The Labute approximate surface area is 85.9 Å². The summed E-state index contributed by atoms with van der Waals surface area (Å²) in [6.07, 6.45) is 2.49. The molecule has 1 aliphatic heterocycles. The third-order valence-corrected chi connectivity index (χ3v) is 2.28. The first-order valence-corrected chi connectivity index (χ1v) is 5.32. The van der Waals surface area contributed by atoms with Crippen LogP contribution in [0.3, 0.4) is 0 Å². The molecule has 0 radical (unpaired) electrons. The first kappa shape index (κ1) is 11.9. The normalized spacial score (nSPS) is 18.6. The molecule has 0 aromatic carbocycles. The molecule has 4 heteroatoms. The van der Waals surface area contributed by atoms with Crippen LogP contribution in [0.15, 0.2) is 0 Å². The van der Waals surface area contributed by atoms with Gasteiger partial charge in [0.1, 0.15) is 0 Å². The molecule has 1 saturated heterocycles. The molecule has 0 aromatic heterocycles. The molecular weight excluding hydrogens is 182 g/mol. The summed E-state index contributed by atoms with van der Waals surface area (Å²) in [5.74, 6) is 0. The van der Waals surface area contributed by atoms with Gasteiger partial charge >= 0.3 is 0 Å². The average Bonchev–Trinajstić information content (AvgIpc) is 2.25. The second kappa shape index (κ2) is 8.17. The maximum absolute atomic E-state index is 5.68. The highest BCUT2D eigenvalue weighted by atomic mass is 16.5. The highest BCUT2D eigenvalue weighted by Crippen LogP contribution is 2.09. The molecule has 0 amide bonds. The lowest BCUT2D eigenvalue weighted by molar-refractivity contribution is -0.0306. The monoisotopic (exact) mass is 203 g/mol. The lowest BCUT2D eigenvalue weighted by Crippen LogP contribution is -2.28. The summed E-state index contributed by atoms with van der Waals surface area (Å²) in [7, 11) is 1.71. The Morgan fingerprint density at radius 2 is 1.93 bits per heavy atom.